The van der Waals surface area contributed by atoms with Crippen LogP contribution in [0, 0.1) is 17.8 Å². The SMILES string of the molecule is O=C(CC1CCC1)NC1C2CNCC21. The van der Waals surface area contributed by atoms with Crippen molar-refractivity contribution in [2.24, 2.45) is 17.8 Å². The topological polar surface area (TPSA) is 41.1 Å². The summed E-state index contributed by atoms with van der Waals surface area (Å²) < 4.78 is 0. The van der Waals surface area contributed by atoms with Gasteiger partial charge in [0.1, 0.15) is 0 Å². The van der Waals surface area contributed by atoms with Crippen LogP contribution in [0.5, 0.6) is 0 Å². The smallest absolute Gasteiger partial charge is 0.220 e. The summed E-state index contributed by atoms with van der Waals surface area (Å²) >= 11 is 0. The molecule has 1 aliphatic heterocycles. The second-order valence-electron chi connectivity index (χ2n) is 5.08. The minimum atomic E-state index is 0.300. The molecular weight excluding hydrogens is 176 g/mol. The van der Waals surface area contributed by atoms with E-state index in [-0.39, 0.29) is 0 Å². The second-order valence-corrected chi connectivity index (χ2v) is 5.08. The van der Waals surface area contributed by atoms with Gasteiger partial charge < -0.3 is 10.6 Å². The van der Waals surface area contributed by atoms with Crippen molar-refractivity contribution in [3.8, 4) is 0 Å². The molecule has 14 heavy (non-hydrogen) atoms. The third-order valence-electron chi connectivity index (χ3n) is 4.12. The standard InChI is InChI=1S/C11H18N2O/c14-10(4-7-2-1-3-7)13-11-8-5-12-6-9(8)11/h7-9,11-12H,1-6H2,(H,13,14). The Morgan fingerprint density at radius 1 is 1.29 bits per heavy atom. The van der Waals surface area contributed by atoms with Crippen LogP contribution in [0.25, 0.3) is 0 Å². The van der Waals surface area contributed by atoms with E-state index in [1.54, 1.807) is 0 Å². The monoisotopic (exact) mass is 194 g/mol. The van der Waals surface area contributed by atoms with Crippen LogP contribution < -0.4 is 10.6 Å². The molecule has 2 N–H and O–H groups in total. The van der Waals surface area contributed by atoms with Crippen LogP contribution in [0.4, 0.5) is 0 Å². The molecule has 0 aromatic carbocycles. The number of carbonyl (C=O) groups is 1. The fourth-order valence-corrected chi connectivity index (χ4v) is 2.84. The fourth-order valence-electron chi connectivity index (χ4n) is 2.84. The van der Waals surface area contributed by atoms with Crippen LogP contribution in [-0.2, 0) is 4.79 Å². The summed E-state index contributed by atoms with van der Waals surface area (Å²) in [7, 11) is 0. The maximum Gasteiger partial charge on any atom is 0.220 e. The van der Waals surface area contributed by atoms with Crippen molar-refractivity contribution in [3.63, 3.8) is 0 Å². The van der Waals surface area contributed by atoms with E-state index in [2.05, 4.69) is 10.6 Å². The highest BCUT2D eigenvalue weighted by molar-refractivity contribution is 5.77. The van der Waals surface area contributed by atoms with Crippen LogP contribution >= 0.6 is 0 Å². The molecule has 3 aliphatic rings. The summed E-state index contributed by atoms with van der Waals surface area (Å²) in [6.45, 7) is 2.22. The summed E-state index contributed by atoms with van der Waals surface area (Å²) in [6, 6.07) is 0.517. The molecule has 3 fully saturated rings. The number of nitrogens with one attached hydrogen (secondary N) is 2. The first-order chi connectivity index (χ1) is 6.84. The molecule has 0 aromatic rings. The molecule has 0 spiro atoms. The van der Waals surface area contributed by atoms with Gasteiger partial charge in [0.15, 0.2) is 0 Å². The van der Waals surface area contributed by atoms with E-state index < -0.39 is 0 Å². The zero-order chi connectivity index (χ0) is 9.54. The molecule has 3 rings (SSSR count). The Labute approximate surface area is 84.6 Å². The summed E-state index contributed by atoms with van der Waals surface area (Å²) in [5.41, 5.74) is 0. The van der Waals surface area contributed by atoms with Gasteiger partial charge in [0.2, 0.25) is 5.91 Å². The molecule has 78 valence electrons. The Hall–Kier alpha value is -0.570. The van der Waals surface area contributed by atoms with Gasteiger partial charge in [-0.25, -0.2) is 0 Å². The Bertz CT molecular complexity index is 240. The largest absolute Gasteiger partial charge is 0.353 e. The first-order valence-corrected chi connectivity index (χ1v) is 5.84. The van der Waals surface area contributed by atoms with Crippen molar-refractivity contribution in [2.75, 3.05) is 13.1 Å². The molecule has 3 nitrogen and oxygen atoms in total. The number of piperidine rings is 1. The number of hydrogen-bond donors (Lipinski definition) is 2. The predicted molar refractivity (Wildman–Crippen MR) is 53.7 cm³/mol. The Morgan fingerprint density at radius 2 is 2.00 bits per heavy atom. The Morgan fingerprint density at radius 3 is 2.57 bits per heavy atom. The van der Waals surface area contributed by atoms with E-state index in [0.29, 0.717) is 17.9 Å². The lowest BCUT2D eigenvalue weighted by Crippen LogP contribution is -2.34. The van der Waals surface area contributed by atoms with Crippen molar-refractivity contribution in [1.29, 1.82) is 0 Å². The van der Waals surface area contributed by atoms with Gasteiger partial charge in [-0.3, -0.25) is 4.79 Å². The van der Waals surface area contributed by atoms with Gasteiger partial charge in [0.25, 0.3) is 0 Å². The first kappa shape index (κ1) is 8.72. The third kappa shape index (κ3) is 1.44. The van der Waals surface area contributed by atoms with Crippen LogP contribution in [0.2, 0.25) is 0 Å². The molecule has 3 heteroatoms. The summed E-state index contributed by atoms with van der Waals surface area (Å²) in [6.07, 6.45) is 4.65. The highest BCUT2D eigenvalue weighted by Crippen LogP contribution is 2.41. The average molecular weight is 194 g/mol. The lowest BCUT2D eigenvalue weighted by Gasteiger charge is -2.24. The summed E-state index contributed by atoms with van der Waals surface area (Å²) in [4.78, 5) is 11.6. The molecule has 2 unspecified atom stereocenters. The quantitative estimate of drug-likeness (QED) is 0.687. The average Bonchev–Trinajstić information content (AvgIpc) is 2.61. The van der Waals surface area contributed by atoms with Crippen molar-refractivity contribution in [1.82, 2.24) is 10.6 Å². The minimum Gasteiger partial charge on any atom is -0.353 e. The molecule has 1 amide bonds. The van der Waals surface area contributed by atoms with Crippen molar-refractivity contribution < 1.29 is 4.79 Å². The molecule has 2 saturated carbocycles. The molecule has 2 aliphatic carbocycles. The molecule has 2 atom stereocenters. The van der Waals surface area contributed by atoms with Gasteiger partial charge in [-0.2, -0.15) is 0 Å². The van der Waals surface area contributed by atoms with Crippen LogP contribution in [0.3, 0.4) is 0 Å². The molecule has 0 bridgehead atoms. The number of carbonyl (C=O) groups excluding carboxylic acids is 1. The van der Waals surface area contributed by atoms with E-state index >= 15 is 0 Å². The van der Waals surface area contributed by atoms with Crippen LogP contribution in [0.1, 0.15) is 25.7 Å². The maximum absolute atomic E-state index is 11.6. The van der Waals surface area contributed by atoms with E-state index in [1.165, 1.54) is 19.3 Å². The molecular formula is C11H18N2O. The van der Waals surface area contributed by atoms with Gasteiger partial charge in [-0.1, -0.05) is 6.42 Å². The summed E-state index contributed by atoms with van der Waals surface area (Å²) in [5, 5.41) is 6.51. The second kappa shape index (κ2) is 3.23. The van der Waals surface area contributed by atoms with Crippen LogP contribution in [-0.4, -0.2) is 25.0 Å². The molecule has 0 radical (unpaired) electrons. The van der Waals surface area contributed by atoms with Gasteiger partial charge in [0.05, 0.1) is 0 Å². The fraction of sp³-hybridized carbons (Fsp3) is 0.909. The lowest BCUT2D eigenvalue weighted by molar-refractivity contribution is -0.122. The third-order valence-corrected chi connectivity index (χ3v) is 4.12. The van der Waals surface area contributed by atoms with E-state index in [9.17, 15) is 4.79 Å². The molecule has 0 aromatic heterocycles. The van der Waals surface area contributed by atoms with Crippen molar-refractivity contribution in [3.05, 3.63) is 0 Å². The molecule has 1 heterocycles. The van der Waals surface area contributed by atoms with Gasteiger partial charge in [-0.15, -0.1) is 0 Å². The Balaban J connectivity index is 1.42. The predicted octanol–water partition coefficient (Wildman–Crippen LogP) is 0.511. The number of amides is 1. The van der Waals surface area contributed by atoms with Crippen LogP contribution in [0.15, 0.2) is 0 Å². The molecule has 1 saturated heterocycles. The van der Waals surface area contributed by atoms with Crippen molar-refractivity contribution in [2.45, 2.75) is 31.7 Å². The Kier molecular flexibility index (Phi) is 2.01. The van der Waals surface area contributed by atoms with E-state index in [0.717, 1.165) is 31.3 Å². The minimum absolute atomic E-state index is 0.300. The van der Waals surface area contributed by atoms with E-state index in [4.69, 9.17) is 0 Å². The summed E-state index contributed by atoms with van der Waals surface area (Å²) in [5.74, 6) is 2.50. The maximum atomic E-state index is 11.6. The van der Waals surface area contributed by atoms with Gasteiger partial charge in [0, 0.05) is 25.6 Å². The lowest BCUT2D eigenvalue weighted by atomic mass is 9.83. The zero-order valence-electron chi connectivity index (χ0n) is 8.46. The number of fused-ring (bicyclic) bond motifs is 1. The normalized spacial score (nSPS) is 40.1. The number of hydrogen-bond acceptors (Lipinski definition) is 2. The highest BCUT2D eigenvalue weighted by atomic mass is 16.1. The van der Waals surface area contributed by atoms with Crippen molar-refractivity contribution >= 4 is 5.91 Å². The highest BCUT2D eigenvalue weighted by Gasteiger charge is 2.53. The van der Waals surface area contributed by atoms with Gasteiger partial charge >= 0.3 is 0 Å². The first-order valence-electron chi connectivity index (χ1n) is 5.84. The zero-order valence-corrected chi connectivity index (χ0v) is 8.46. The van der Waals surface area contributed by atoms with Gasteiger partial charge in [-0.05, 0) is 30.6 Å². The van der Waals surface area contributed by atoms with E-state index in [1.807, 2.05) is 0 Å². The number of rotatable bonds is 3.